The maximum atomic E-state index is 12.7. The van der Waals surface area contributed by atoms with Crippen LogP contribution in [0.25, 0.3) is 0 Å². The summed E-state index contributed by atoms with van der Waals surface area (Å²) in [6.45, 7) is 0.397. The van der Waals surface area contributed by atoms with Crippen molar-refractivity contribution in [2.45, 2.75) is 31.9 Å². The highest BCUT2D eigenvalue weighted by Crippen LogP contribution is 2.29. The summed E-state index contributed by atoms with van der Waals surface area (Å²) in [4.78, 5) is 16.9. The predicted octanol–water partition coefficient (Wildman–Crippen LogP) is 3.81. The van der Waals surface area contributed by atoms with Crippen LogP contribution in [0.2, 0.25) is 0 Å². The van der Waals surface area contributed by atoms with Gasteiger partial charge in [0.25, 0.3) is 5.91 Å². The van der Waals surface area contributed by atoms with Gasteiger partial charge in [0, 0.05) is 25.0 Å². The Morgan fingerprint density at radius 3 is 2.81 bits per heavy atom. The van der Waals surface area contributed by atoms with Gasteiger partial charge >= 0.3 is 0 Å². The van der Waals surface area contributed by atoms with Gasteiger partial charge in [-0.25, -0.2) is 4.98 Å². The lowest BCUT2D eigenvalue weighted by molar-refractivity contribution is 0.0932. The van der Waals surface area contributed by atoms with Gasteiger partial charge in [-0.2, -0.15) is 0 Å². The molecule has 2 aromatic carbocycles. The Bertz CT molecular complexity index is 931. The SMILES string of the molecule is Cn1ccnc1COc1ccc(C(=O)N[C@@H]2CCCc3ccccc32)cc1. The van der Waals surface area contributed by atoms with E-state index in [1.807, 2.05) is 36.0 Å². The summed E-state index contributed by atoms with van der Waals surface area (Å²) in [5.74, 6) is 1.53. The minimum absolute atomic E-state index is 0.0487. The first kappa shape index (κ1) is 17.3. The van der Waals surface area contributed by atoms with Crippen LogP contribution in [-0.2, 0) is 20.1 Å². The third kappa shape index (κ3) is 3.87. The molecule has 0 radical (unpaired) electrons. The molecule has 1 heterocycles. The van der Waals surface area contributed by atoms with E-state index in [4.69, 9.17) is 4.74 Å². The average molecular weight is 361 g/mol. The summed E-state index contributed by atoms with van der Waals surface area (Å²) in [5, 5.41) is 3.18. The Morgan fingerprint density at radius 2 is 2.04 bits per heavy atom. The van der Waals surface area contributed by atoms with Gasteiger partial charge in [0.1, 0.15) is 18.2 Å². The van der Waals surface area contributed by atoms with Crippen LogP contribution in [0.4, 0.5) is 0 Å². The zero-order chi connectivity index (χ0) is 18.6. The van der Waals surface area contributed by atoms with Crippen LogP contribution in [0, 0.1) is 0 Å². The molecular formula is C22H23N3O2. The maximum absolute atomic E-state index is 12.7. The molecule has 1 atom stereocenters. The van der Waals surface area contributed by atoms with Gasteiger partial charge in [-0.1, -0.05) is 24.3 Å². The van der Waals surface area contributed by atoms with E-state index >= 15 is 0 Å². The molecule has 1 aliphatic rings. The Hall–Kier alpha value is -3.08. The molecule has 0 aliphatic heterocycles. The summed E-state index contributed by atoms with van der Waals surface area (Å²) >= 11 is 0. The second kappa shape index (κ2) is 7.66. The van der Waals surface area contributed by atoms with Crippen LogP contribution in [0.15, 0.2) is 60.9 Å². The number of nitrogens with one attached hydrogen (secondary N) is 1. The highest BCUT2D eigenvalue weighted by atomic mass is 16.5. The van der Waals surface area contributed by atoms with Crippen molar-refractivity contribution in [1.29, 1.82) is 0 Å². The third-order valence-electron chi connectivity index (χ3n) is 5.08. The zero-order valence-electron chi connectivity index (χ0n) is 15.4. The van der Waals surface area contributed by atoms with E-state index in [2.05, 4.69) is 28.5 Å². The number of carbonyl (C=O) groups excluding carboxylic acids is 1. The molecule has 3 aromatic rings. The van der Waals surface area contributed by atoms with Gasteiger partial charge < -0.3 is 14.6 Å². The fraction of sp³-hybridized carbons (Fsp3) is 0.273. The quantitative estimate of drug-likeness (QED) is 0.752. The number of hydrogen-bond acceptors (Lipinski definition) is 3. The zero-order valence-corrected chi connectivity index (χ0v) is 15.4. The topological polar surface area (TPSA) is 56.2 Å². The highest BCUT2D eigenvalue weighted by Gasteiger charge is 2.21. The number of amides is 1. The van der Waals surface area contributed by atoms with Crippen molar-refractivity contribution in [3.8, 4) is 5.75 Å². The van der Waals surface area contributed by atoms with E-state index < -0.39 is 0 Å². The Balaban J connectivity index is 1.39. The van der Waals surface area contributed by atoms with Crippen molar-refractivity contribution in [3.63, 3.8) is 0 Å². The summed E-state index contributed by atoms with van der Waals surface area (Å²) < 4.78 is 7.67. The van der Waals surface area contributed by atoms with Gasteiger partial charge in [-0.3, -0.25) is 4.79 Å². The van der Waals surface area contributed by atoms with Gasteiger partial charge in [0.2, 0.25) is 0 Å². The lowest BCUT2D eigenvalue weighted by atomic mass is 9.87. The van der Waals surface area contributed by atoms with Crippen LogP contribution >= 0.6 is 0 Å². The first-order chi connectivity index (χ1) is 13.2. The smallest absolute Gasteiger partial charge is 0.251 e. The fourth-order valence-electron chi connectivity index (χ4n) is 3.53. The molecule has 1 aromatic heterocycles. The molecule has 5 nitrogen and oxygen atoms in total. The van der Waals surface area contributed by atoms with Gasteiger partial charge in [0.05, 0.1) is 6.04 Å². The molecule has 1 N–H and O–H groups in total. The number of carbonyl (C=O) groups is 1. The third-order valence-corrected chi connectivity index (χ3v) is 5.08. The van der Waals surface area contributed by atoms with E-state index in [1.54, 1.807) is 18.3 Å². The highest BCUT2D eigenvalue weighted by molar-refractivity contribution is 5.94. The molecule has 0 spiro atoms. The van der Waals surface area contributed by atoms with Crippen molar-refractivity contribution in [2.75, 3.05) is 0 Å². The monoisotopic (exact) mass is 361 g/mol. The van der Waals surface area contributed by atoms with Crippen LogP contribution in [-0.4, -0.2) is 15.5 Å². The van der Waals surface area contributed by atoms with E-state index in [1.165, 1.54) is 11.1 Å². The first-order valence-corrected chi connectivity index (χ1v) is 9.28. The molecule has 0 bridgehead atoms. The molecule has 138 valence electrons. The normalized spacial score (nSPS) is 15.8. The number of benzene rings is 2. The fourth-order valence-corrected chi connectivity index (χ4v) is 3.53. The number of rotatable bonds is 5. The van der Waals surface area contributed by atoms with Crippen LogP contribution in [0.3, 0.4) is 0 Å². The largest absolute Gasteiger partial charge is 0.486 e. The Labute approximate surface area is 159 Å². The average Bonchev–Trinajstić information content (AvgIpc) is 3.12. The standard InChI is InChI=1S/C22H23N3O2/c1-25-14-13-23-21(25)15-27-18-11-9-17(10-12-18)22(26)24-20-8-4-6-16-5-2-3-7-19(16)20/h2-3,5,7,9-14,20H,4,6,8,15H2,1H3,(H,24,26)/t20-/m1/s1. The van der Waals surface area contributed by atoms with Crippen LogP contribution < -0.4 is 10.1 Å². The molecular weight excluding hydrogens is 338 g/mol. The Morgan fingerprint density at radius 1 is 1.22 bits per heavy atom. The van der Waals surface area contributed by atoms with Crippen LogP contribution in [0.5, 0.6) is 5.75 Å². The molecule has 0 saturated carbocycles. The van der Waals surface area contributed by atoms with Crippen molar-refractivity contribution in [2.24, 2.45) is 7.05 Å². The molecule has 0 unspecified atom stereocenters. The lowest BCUT2D eigenvalue weighted by Crippen LogP contribution is -2.30. The molecule has 1 amide bonds. The van der Waals surface area contributed by atoms with E-state index in [0.717, 1.165) is 30.8 Å². The van der Waals surface area contributed by atoms with Gasteiger partial charge in [-0.05, 0) is 54.7 Å². The van der Waals surface area contributed by atoms with Crippen molar-refractivity contribution < 1.29 is 9.53 Å². The maximum Gasteiger partial charge on any atom is 0.251 e. The lowest BCUT2D eigenvalue weighted by Gasteiger charge is -2.26. The summed E-state index contributed by atoms with van der Waals surface area (Å²) in [6.07, 6.45) is 6.80. The van der Waals surface area contributed by atoms with E-state index in [9.17, 15) is 4.79 Å². The van der Waals surface area contributed by atoms with E-state index in [-0.39, 0.29) is 11.9 Å². The first-order valence-electron chi connectivity index (χ1n) is 9.28. The van der Waals surface area contributed by atoms with Crippen molar-refractivity contribution in [3.05, 3.63) is 83.4 Å². The molecule has 0 saturated heterocycles. The predicted molar refractivity (Wildman–Crippen MR) is 104 cm³/mol. The van der Waals surface area contributed by atoms with Gasteiger partial charge in [0.15, 0.2) is 0 Å². The number of aromatic nitrogens is 2. The summed E-state index contributed by atoms with van der Waals surface area (Å²) in [7, 11) is 1.93. The number of fused-ring (bicyclic) bond motifs is 1. The Kier molecular flexibility index (Phi) is 4.92. The molecule has 4 rings (SSSR count). The second-order valence-corrected chi connectivity index (χ2v) is 6.88. The molecule has 27 heavy (non-hydrogen) atoms. The number of aryl methyl sites for hydroxylation is 2. The van der Waals surface area contributed by atoms with E-state index in [0.29, 0.717) is 12.2 Å². The van der Waals surface area contributed by atoms with Gasteiger partial charge in [-0.15, -0.1) is 0 Å². The number of hydrogen-bond donors (Lipinski definition) is 1. The minimum Gasteiger partial charge on any atom is -0.486 e. The summed E-state index contributed by atoms with van der Waals surface area (Å²) in [5.41, 5.74) is 3.22. The minimum atomic E-state index is -0.0487. The number of nitrogens with zero attached hydrogens (tertiary/aromatic N) is 2. The second-order valence-electron chi connectivity index (χ2n) is 6.88. The van der Waals surface area contributed by atoms with Crippen molar-refractivity contribution in [1.82, 2.24) is 14.9 Å². The van der Waals surface area contributed by atoms with Crippen molar-refractivity contribution >= 4 is 5.91 Å². The number of ether oxygens (including phenoxy) is 1. The molecule has 1 aliphatic carbocycles. The van der Waals surface area contributed by atoms with Crippen LogP contribution in [0.1, 0.15) is 46.2 Å². The number of imidazole rings is 1. The molecule has 0 fully saturated rings. The summed E-state index contributed by atoms with van der Waals surface area (Å²) in [6, 6.07) is 15.7. The molecule has 5 heteroatoms.